The molecule has 0 bridgehead atoms. The zero-order valence-corrected chi connectivity index (χ0v) is 14.2. The second-order valence-corrected chi connectivity index (χ2v) is 8.05. The van der Waals surface area contributed by atoms with Crippen molar-refractivity contribution < 1.29 is 24.5 Å². The molecule has 0 spiro atoms. The van der Waals surface area contributed by atoms with Crippen molar-refractivity contribution in [1.82, 2.24) is 0 Å². The first-order chi connectivity index (χ1) is 9.89. The fourth-order valence-corrected chi connectivity index (χ4v) is 4.63. The minimum atomic E-state index is -1.09. The highest BCUT2D eigenvalue weighted by Gasteiger charge is 2.62. The maximum atomic E-state index is 12.5. The van der Waals surface area contributed by atoms with Gasteiger partial charge in [0.05, 0.1) is 11.2 Å². The third kappa shape index (κ3) is 2.81. The summed E-state index contributed by atoms with van der Waals surface area (Å²) in [7, 11) is 0. The first-order valence-corrected chi connectivity index (χ1v) is 8.05. The minimum Gasteiger partial charge on any atom is -0.462 e. The molecule has 5 nitrogen and oxygen atoms in total. The van der Waals surface area contributed by atoms with Gasteiger partial charge in [-0.2, -0.15) is 0 Å². The van der Waals surface area contributed by atoms with Gasteiger partial charge >= 0.3 is 5.97 Å². The van der Waals surface area contributed by atoms with Crippen molar-refractivity contribution in [3.63, 3.8) is 0 Å². The van der Waals surface area contributed by atoms with Gasteiger partial charge in [0, 0.05) is 30.6 Å². The van der Waals surface area contributed by atoms with Crippen molar-refractivity contribution in [3.8, 4) is 0 Å². The number of carbonyl (C=O) groups is 2. The van der Waals surface area contributed by atoms with Crippen LogP contribution in [-0.2, 0) is 14.3 Å². The Labute approximate surface area is 132 Å². The summed E-state index contributed by atoms with van der Waals surface area (Å²) in [6, 6.07) is 0. The van der Waals surface area contributed by atoms with Crippen molar-refractivity contribution in [2.75, 3.05) is 0 Å². The van der Waals surface area contributed by atoms with Gasteiger partial charge in [0.1, 0.15) is 11.9 Å². The van der Waals surface area contributed by atoms with Gasteiger partial charge in [-0.1, -0.05) is 6.92 Å². The zero-order chi connectivity index (χ0) is 16.9. The number of esters is 1. The molecule has 2 rings (SSSR count). The molecule has 0 aromatic heterocycles. The van der Waals surface area contributed by atoms with Crippen molar-refractivity contribution in [1.29, 1.82) is 0 Å². The highest BCUT2D eigenvalue weighted by molar-refractivity contribution is 5.86. The molecule has 0 heterocycles. The molecule has 0 saturated heterocycles. The summed E-state index contributed by atoms with van der Waals surface area (Å²) < 4.78 is 5.54. The summed E-state index contributed by atoms with van der Waals surface area (Å²) in [6.07, 6.45) is 1.24. The molecular formula is C17H28O5. The Kier molecular flexibility index (Phi) is 4.20. The molecule has 5 atom stereocenters. The normalized spacial score (nSPS) is 42.7. The van der Waals surface area contributed by atoms with E-state index in [4.69, 9.17) is 4.74 Å². The van der Waals surface area contributed by atoms with Gasteiger partial charge in [-0.15, -0.1) is 0 Å². The predicted molar refractivity (Wildman–Crippen MR) is 81.0 cm³/mol. The molecule has 126 valence electrons. The van der Waals surface area contributed by atoms with Gasteiger partial charge in [-0.3, -0.25) is 9.59 Å². The van der Waals surface area contributed by atoms with Gasteiger partial charge in [-0.25, -0.2) is 0 Å². The molecule has 2 aliphatic rings. The van der Waals surface area contributed by atoms with Gasteiger partial charge in [-0.05, 0) is 40.0 Å². The van der Waals surface area contributed by atoms with Crippen molar-refractivity contribution >= 4 is 11.8 Å². The Bertz CT molecular complexity index is 476. The Morgan fingerprint density at radius 3 is 2.41 bits per heavy atom. The predicted octanol–water partition coefficient (Wildman–Crippen LogP) is 1.84. The first-order valence-electron chi connectivity index (χ1n) is 8.05. The number of aliphatic hydroxyl groups is 2. The Hall–Kier alpha value is -0.940. The molecule has 0 aliphatic heterocycles. The number of hydrogen-bond acceptors (Lipinski definition) is 5. The van der Waals surface area contributed by atoms with E-state index >= 15 is 0 Å². The monoisotopic (exact) mass is 312 g/mol. The van der Waals surface area contributed by atoms with Crippen LogP contribution in [0.1, 0.15) is 60.3 Å². The van der Waals surface area contributed by atoms with E-state index in [-0.39, 0.29) is 11.7 Å². The van der Waals surface area contributed by atoms with E-state index in [1.54, 1.807) is 20.8 Å². The smallest absolute Gasteiger partial charge is 0.302 e. The van der Waals surface area contributed by atoms with Crippen LogP contribution in [0.15, 0.2) is 0 Å². The highest BCUT2D eigenvalue weighted by atomic mass is 16.5. The summed E-state index contributed by atoms with van der Waals surface area (Å²) in [6.45, 7) is 8.29. The lowest BCUT2D eigenvalue weighted by molar-refractivity contribution is -0.215. The molecular weight excluding hydrogens is 284 g/mol. The SMILES string of the molecule is CC(=O)OC1C(C(C)(C)O)CCC2(C)C(=O)CCC(C)(O)C12. The number of rotatable bonds is 2. The van der Waals surface area contributed by atoms with E-state index in [1.165, 1.54) is 6.92 Å². The highest BCUT2D eigenvalue weighted by Crippen LogP contribution is 2.56. The number of carbonyl (C=O) groups excluding carboxylic acids is 2. The summed E-state index contributed by atoms with van der Waals surface area (Å²) >= 11 is 0. The van der Waals surface area contributed by atoms with E-state index in [2.05, 4.69) is 0 Å². The molecule has 5 unspecified atom stereocenters. The van der Waals surface area contributed by atoms with Gasteiger partial charge in [0.25, 0.3) is 0 Å². The molecule has 2 N–H and O–H groups in total. The third-order valence-corrected chi connectivity index (χ3v) is 5.76. The fourth-order valence-electron chi connectivity index (χ4n) is 4.63. The average molecular weight is 312 g/mol. The Balaban J connectivity index is 2.50. The molecule has 22 heavy (non-hydrogen) atoms. The maximum Gasteiger partial charge on any atom is 0.302 e. The summed E-state index contributed by atoms with van der Waals surface area (Å²) in [5.41, 5.74) is -2.84. The lowest BCUT2D eigenvalue weighted by Crippen LogP contribution is -2.64. The molecule has 0 aromatic rings. The van der Waals surface area contributed by atoms with Crippen LogP contribution in [0.3, 0.4) is 0 Å². The standard InChI is InChI=1S/C17H28O5/c1-10(18)22-13-11(15(2,3)20)6-8-16(4)12(19)7-9-17(5,21)14(13)16/h11,13-14,20-21H,6-9H2,1-5H3. The molecule has 2 saturated carbocycles. The summed E-state index contributed by atoms with van der Waals surface area (Å²) in [5.74, 6) is -1.12. The minimum absolute atomic E-state index is 0.121. The van der Waals surface area contributed by atoms with Crippen LogP contribution in [0.4, 0.5) is 0 Å². The number of ketones is 1. The number of Topliss-reactive ketones (excluding diaryl/α,β-unsaturated/α-hetero) is 1. The van der Waals surface area contributed by atoms with E-state index in [1.807, 2.05) is 6.92 Å². The number of ether oxygens (including phenoxy) is 1. The van der Waals surface area contributed by atoms with Crippen LogP contribution < -0.4 is 0 Å². The molecule has 0 amide bonds. The van der Waals surface area contributed by atoms with E-state index in [9.17, 15) is 19.8 Å². The van der Waals surface area contributed by atoms with Crippen molar-refractivity contribution in [3.05, 3.63) is 0 Å². The Morgan fingerprint density at radius 1 is 1.32 bits per heavy atom. The number of hydrogen-bond donors (Lipinski definition) is 2. The van der Waals surface area contributed by atoms with Crippen LogP contribution in [0.5, 0.6) is 0 Å². The van der Waals surface area contributed by atoms with Crippen LogP contribution in [0.2, 0.25) is 0 Å². The van der Waals surface area contributed by atoms with Crippen molar-refractivity contribution in [2.45, 2.75) is 77.6 Å². The van der Waals surface area contributed by atoms with E-state index < -0.39 is 34.6 Å². The van der Waals surface area contributed by atoms with E-state index in [0.29, 0.717) is 25.7 Å². The quantitative estimate of drug-likeness (QED) is 0.760. The lowest BCUT2D eigenvalue weighted by Gasteiger charge is -2.57. The number of fused-ring (bicyclic) bond motifs is 1. The summed E-state index contributed by atoms with van der Waals surface area (Å²) in [5, 5.41) is 21.4. The zero-order valence-electron chi connectivity index (χ0n) is 14.2. The fraction of sp³-hybridized carbons (Fsp3) is 0.882. The average Bonchev–Trinajstić information content (AvgIpc) is 2.32. The topological polar surface area (TPSA) is 83.8 Å². The molecule has 0 radical (unpaired) electrons. The lowest BCUT2D eigenvalue weighted by atomic mass is 9.50. The maximum absolute atomic E-state index is 12.5. The second kappa shape index (κ2) is 5.31. The van der Waals surface area contributed by atoms with Crippen molar-refractivity contribution in [2.24, 2.45) is 17.3 Å². The van der Waals surface area contributed by atoms with Crippen LogP contribution in [0.25, 0.3) is 0 Å². The van der Waals surface area contributed by atoms with Gasteiger partial charge < -0.3 is 14.9 Å². The molecule has 0 aromatic carbocycles. The van der Waals surface area contributed by atoms with Crippen LogP contribution in [-0.4, -0.2) is 39.3 Å². The second-order valence-electron chi connectivity index (χ2n) is 8.05. The Morgan fingerprint density at radius 2 is 1.91 bits per heavy atom. The van der Waals surface area contributed by atoms with Crippen LogP contribution in [0, 0.1) is 17.3 Å². The first kappa shape index (κ1) is 17.4. The molecule has 2 aliphatic carbocycles. The van der Waals surface area contributed by atoms with Gasteiger partial charge in [0.2, 0.25) is 0 Å². The largest absolute Gasteiger partial charge is 0.462 e. The van der Waals surface area contributed by atoms with Gasteiger partial charge in [0.15, 0.2) is 0 Å². The molecule has 2 fully saturated rings. The van der Waals surface area contributed by atoms with E-state index in [0.717, 1.165) is 0 Å². The molecule has 5 heteroatoms. The van der Waals surface area contributed by atoms with Crippen LogP contribution >= 0.6 is 0 Å². The summed E-state index contributed by atoms with van der Waals surface area (Å²) in [4.78, 5) is 24.1. The third-order valence-electron chi connectivity index (χ3n) is 5.76.